The highest BCUT2D eigenvalue weighted by Crippen LogP contribution is 2.25. The Labute approximate surface area is 116 Å². The van der Waals surface area contributed by atoms with E-state index in [9.17, 15) is 9.59 Å². The van der Waals surface area contributed by atoms with Crippen molar-refractivity contribution in [2.45, 2.75) is 32.7 Å². The van der Waals surface area contributed by atoms with Gasteiger partial charge in [-0.3, -0.25) is 9.59 Å². The molecule has 0 aliphatic rings. The van der Waals surface area contributed by atoms with Crippen LogP contribution < -0.4 is 11.1 Å². The molecule has 0 aliphatic heterocycles. The summed E-state index contributed by atoms with van der Waals surface area (Å²) in [5.41, 5.74) is 4.98. The molecule has 0 radical (unpaired) electrons. The lowest BCUT2D eigenvalue weighted by atomic mass is 9.86. The quantitative estimate of drug-likeness (QED) is 0.711. The zero-order valence-electron chi connectivity index (χ0n) is 11.2. The summed E-state index contributed by atoms with van der Waals surface area (Å²) in [5, 5.41) is 13.6. The molecule has 0 aromatic carbocycles. The van der Waals surface area contributed by atoms with Gasteiger partial charge in [0.15, 0.2) is 0 Å². The number of amides is 1. The molecule has 0 saturated carbocycles. The summed E-state index contributed by atoms with van der Waals surface area (Å²) in [6.45, 7) is 3.91. The van der Waals surface area contributed by atoms with Crippen molar-refractivity contribution in [3.05, 3.63) is 22.4 Å². The predicted molar refractivity (Wildman–Crippen MR) is 74.9 cm³/mol. The van der Waals surface area contributed by atoms with E-state index in [4.69, 9.17) is 10.8 Å². The highest BCUT2D eigenvalue weighted by Gasteiger charge is 2.32. The second-order valence-electron chi connectivity index (χ2n) is 4.76. The molecule has 0 fully saturated rings. The van der Waals surface area contributed by atoms with Crippen LogP contribution in [0.15, 0.2) is 17.5 Å². The van der Waals surface area contributed by atoms with E-state index < -0.39 is 17.4 Å². The minimum Gasteiger partial charge on any atom is -0.481 e. The lowest BCUT2D eigenvalue weighted by Gasteiger charge is -2.27. The molecule has 0 spiro atoms. The third kappa shape index (κ3) is 4.04. The van der Waals surface area contributed by atoms with Gasteiger partial charge in [0.2, 0.25) is 5.91 Å². The maximum absolute atomic E-state index is 12.2. The molecule has 0 saturated heterocycles. The molecule has 1 amide bonds. The maximum Gasteiger partial charge on any atom is 0.305 e. The van der Waals surface area contributed by atoms with Gasteiger partial charge in [-0.25, -0.2) is 0 Å². The van der Waals surface area contributed by atoms with Crippen molar-refractivity contribution >= 4 is 23.2 Å². The SMILES string of the molecule is CCC(C)(CN)C(=O)NC(CC(=O)O)c1cccs1. The third-order valence-corrected chi connectivity index (χ3v) is 4.34. The van der Waals surface area contributed by atoms with E-state index >= 15 is 0 Å². The lowest BCUT2D eigenvalue weighted by Crippen LogP contribution is -2.45. The van der Waals surface area contributed by atoms with Crippen molar-refractivity contribution in [3.8, 4) is 0 Å². The van der Waals surface area contributed by atoms with Crippen LogP contribution >= 0.6 is 11.3 Å². The topological polar surface area (TPSA) is 92.4 Å². The molecule has 19 heavy (non-hydrogen) atoms. The largest absolute Gasteiger partial charge is 0.481 e. The molecule has 1 aromatic rings. The summed E-state index contributed by atoms with van der Waals surface area (Å²) in [6, 6.07) is 3.16. The van der Waals surface area contributed by atoms with Crippen LogP contribution in [-0.4, -0.2) is 23.5 Å². The fourth-order valence-corrected chi connectivity index (χ4v) is 2.39. The Kier molecular flexibility index (Phi) is 5.50. The molecule has 6 heteroatoms. The lowest BCUT2D eigenvalue weighted by molar-refractivity contribution is -0.138. The predicted octanol–water partition coefficient (Wildman–Crippen LogP) is 1.76. The number of carboxylic acids is 1. The van der Waals surface area contributed by atoms with Gasteiger partial charge in [0.25, 0.3) is 0 Å². The molecule has 0 bridgehead atoms. The monoisotopic (exact) mass is 284 g/mol. The average Bonchev–Trinajstić information content (AvgIpc) is 2.90. The minimum atomic E-state index is -0.940. The third-order valence-electron chi connectivity index (χ3n) is 3.35. The first-order chi connectivity index (χ1) is 8.92. The summed E-state index contributed by atoms with van der Waals surface area (Å²) in [7, 11) is 0. The molecule has 5 nitrogen and oxygen atoms in total. The number of nitrogens with one attached hydrogen (secondary N) is 1. The van der Waals surface area contributed by atoms with Crippen LogP contribution in [0.4, 0.5) is 0 Å². The van der Waals surface area contributed by atoms with Gasteiger partial charge in [0.05, 0.1) is 17.9 Å². The molecule has 4 N–H and O–H groups in total. The van der Waals surface area contributed by atoms with Crippen molar-refractivity contribution in [2.24, 2.45) is 11.1 Å². The normalized spacial score (nSPS) is 15.5. The molecule has 2 atom stereocenters. The molecular formula is C13H20N2O3S. The van der Waals surface area contributed by atoms with E-state index in [2.05, 4.69) is 5.32 Å². The number of carbonyl (C=O) groups is 2. The summed E-state index contributed by atoms with van der Waals surface area (Å²) < 4.78 is 0. The first kappa shape index (κ1) is 15.7. The van der Waals surface area contributed by atoms with Crippen LogP contribution in [-0.2, 0) is 9.59 Å². The number of nitrogens with two attached hydrogens (primary N) is 1. The highest BCUT2D eigenvalue weighted by atomic mass is 32.1. The summed E-state index contributed by atoms with van der Waals surface area (Å²) in [4.78, 5) is 24.0. The Balaban J connectivity index is 2.84. The molecule has 1 aromatic heterocycles. The molecule has 1 rings (SSSR count). The van der Waals surface area contributed by atoms with Crippen LogP contribution in [0, 0.1) is 5.41 Å². The van der Waals surface area contributed by atoms with E-state index in [-0.39, 0.29) is 18.9 Å². The second-order valence-corrected chi connectivity index (χ2v) is 5.74. The van der Waals surface area contributed by atoms with Crippen LogP contribution in [0.3, 0.4) is 0 Å². The van der Waals surface area contributed by atoms with Crippen molar-refractivity contribution in [2.75, 3.05) is 6.54 Å². The van der Waals surface area contributed by atoms with Crippen LogP contribution in [0.1, 0.15) is 37.6 Å². The van der Waals surface area contributed by atoms with Crippen molar-refractivity contribution in [1.29, 1.82) is 0 Å². The Morgan fingerprint density at radius 2 is 2.26 bits per heavy atom. The number of rotatable bonds is 7. The molecular weight excluding hydrogens is 264 g/mol. The number of carbonyl (C=O) groups excluding carboxylic acids is 1. The standard InChI is InChI=1S/C13H20N2O3S/c1-3-13(2,8-14)12(18)15-9(7-11(16)17)10-5-4-6-19-10/h4-6,9H,3,7-8,14H2,1-2H3,(H,15,18)(H,16,17). The van der Waals surface area contributed by atoms with E-state index in [0.29, 0.717) is 6.42 Å². The van der Waals surface area contributed by atoms with Gasteiger partial charge in [0, 0.05) is 11.4 Å². The zero-order chi connectivity index (χ0) is 14.5. The van der Waals surface area contributed by atoms with Gasteiger partial charge < -0.3 is 16.2 Å². The fourth-order valence-electron chi connectivity index (χ4n) is 1.62. The van der Waals surface area contributed by atoms with Crippen LogP contribution in [0.2, 0.25) is 0 Å². The summed E-state index contributed by atoms with van der Waals surface area (Å²) in [6.07, 6.45) is 0.482. The first-order valence-corrected chi connectivity index (χ1v) is 7.07. The fraction of sp³-hybridized carbons (Fsp3) is 0.538. The van der Waals surface area contributed by atoms with E-state index in [1.165, 1.54) is 11.3 Å². The van der Waals surface area contributed by atoms with Gasteiger partial charge >= 0.3 is 5.97 Å². The van der Waals surface area contributed by atoms with E-state index in [0.717, 1.165) is 4.88 Å². The van der Waals surface area contributed by atoms with Gasteiger partial charge in [0.1, 0.15) is 0 Å². The van der Waals surface area contributed by atoms with Gasteiger partial charge in [-0.1, -0.05) is 13.0 Å². The Bertz CT molecular complexity index is 427. The molecule has 0 aliphatic carbocycles. The zero-order valence-corrected chi connectivity index (χ0v) is 12.0. The Morgan fingerprint density at radius 3 is 2.68 bits per heavy atom. The number of hydrogen-bond acceptors (Lipinski definition) is 4. The molecule has 1 heterocycles. The summed E-state index contributed by atoms with van der Waals surface area (Å²) in [5.74, 6) is -1.14. The minimum absolute atomic E-state index is 0.128. The highest BCUT2D eigenvalue weighted by molar-refractivity contribution is 7.10. The van der Waals surface area contributed by atoms with Crippen LogP contribution in [0.5, 0.6) is 0 Å². The van der Waals surface area contributed by atoms with E-state index in [1.54, 1.807) is 6.92 Å². The first-order valence-electron chi connectivity index (χ1n) is 6.19. The van der Waals surface area contributed by atoms with Crippen molar-refractivity contribution in [1.82, 2.24) is 5.32 Å². The number of carboxylic acid groups (broad SMARTS) is 1. The van der Waals surface area contributed by atoms with E-state index in [1.807, 2.05) is 24.4 Å². The Hall–Kier alpha value is -1.40. The van der Waals surface area contributed by atoms with Gasteiger partial charge in [-0.15, -0.1) is 11.3 Å². The molecule has 106 valence electrons. The summed E-state index contributed by atoms with van der Waals surface area (Å²) >= 11 is 1.43. The maximum atomic E-state index is 12.2. The van der Waals surface area contributed by atoms with Gasteiger partial charge in [-0.2, -0.15) is 0 Å². The second kappa shape index (κ2) is 6.68. The van der Waals surface area contributed by atoms with Crippen molar-refractivity contribution < 1.29 is 14.7 Å². The van der Waals surface area contributed by atoms with Gasteiger partial charge in [-0.05, 0) is 24.8 Å². The number of aliphatic carboxylic acids is 1. The smallest absolute Gasteiger partial charge is 0.305 e. The van der Waals surface area contributed by atoms with Crippen molar-refractivity contribution in [3.63, 3.8) is 0 Å². The molecule has 2 unspecified atom stereocenters. The Morgan fingerprint density at radius 1 is 1.58 bits per heavy atom. The average molecular weight is 284 g/mol. The number of thiophene rings is 1. The van der Waals surface area contributed by atoms with Crippen LogP contribution in [0.25, 0.3) is 0 Å². The number of hydrogen-bond donors (Lipinski definition) is 3.